The minimum Gasteiger partial charge on any atom is -0.320 e. The Labute approximate surface area is 104 Å². The summed E-state index contributed by atoms with van der Waals surface area (Å²) < 4.78 is 0. The molecule has 0 aromatic heterocycles. The van der Waals surface area contributed by atoms with Crippen LogP contribution in [0.1, 0.15) is 62.2 Å². The topological polar surface area (TPSA) is 29.1 Å². The molecule has 0 aliphatic heterocycles. The fourth-order valence-corrected chi connectivity index (χ4v) is 0.962. The Morgan fingerprint density at radius 1 is 1.19 bits per heavy atom. The first kappa shape index (κ1) is 18.0. The second kappa shape index (κ2) is 9.83. The highest BCUT2D eigenvalue weighted by Gasteiger charge is 2.19. The van der Waals surface area contributed by atoms with Gasteiger partial charge in [-0.15, -0.1) is 0 Å². The summed E-state index contributed by atoms with van der Waals surface area (Å²) in [5, 5.41) is 3.07. The lowest BCUT2D eigenvalue weighted by atomic mass is 9.88. The van der Waals surface area contributed by atoms with Gasteiger partial charge in [-0.05, 0) is 32.4 Å². The molecule has 2 heteroatoms. The Kier molecular flexibility index (Phi) is 11.1. The smallest absolute Gasteiger partial charge is 0.138 e. The Morgan fingerprint density at radius 2 is 1.62 bits per heavy atom. The molecule has 0 fully saturated rings. The van der Waals surface area contributed by atoms with Crippen LogP contribution in [-0.2, 0) is 4.79 Å². The van der Waals surface area contributed by atoms with Crippen molar-refractivity contribution >= 4 is 5.78 Å². The summed E-state index contributed by atoms with van der Waals surface area (Å²) in [6, 6.07) is 0. The summed E-state index contributed by atoms with van der Waals surface area (Å²) in [4.78, 5) is 11.4. The second-order valence-corrected chi connectivity index (χ2v) is 5.97. The third-order valence-corrected chi connectivity index (χ3v) is 1.92. The molecule has 0 saturated heterocycles. The predicted molar refractivity (Wildman–Crippen MR) is 74.9 cm³/mol. The van der Waals surface area contributed by atoms with E-state index in [0.717, 1.165) is 31.7 Å². The number of ketones is 1. The number of hydrogen-bond donors (Lipinski definition) is 1. The first-order valence-corrected chi connectivity index (χ1v) is 6.39. The van der Waals surface area contributed by atoms with Gasteiger partial charge in [-0.1, -0.05) is 41.5 Å². The molecule has 0 aliphatic rings. The number of hydrogen-bond acceptors (Lipinski definition) is 2. The molecule has 100 valence electrons. The summed E-state index contributed by atoms with van der Waals surface area (Å²) in [6.07, 6.45) is 2.83. The average Bonchev–Trinajstić information content (AvgIpc) is 2.09. The van der Waals surface area contributed by atoms with E-state index in [4.69, 9.17) is 0 Å². The summed E-state index contributed by atoms with van der Waals surface area (Å²) >= 11 is 0. The molecule has 0 amide bonds. The molecule has 2 nitrogen and oxygen atoms in total. The van der Waals surface area contributed by atoms with Gasteiger partial charge < -0.3 is 5.32 Å². The van der Waals surface area contributed by atoms with Crippen molar-refractivity contribution in [3.8, 4) is 0 Å². The molecular formula is C14H33NO. The van der Waals surface area contributed by atoms with Crippen LogP contribution in [0.5, 0.6) is 0 Å². The van der Waals surface area contributed by atoms with Crippen LogP contribution in [0, 0.1) is 11.3 Å². The number of unbranched alkanes of at least 4 members (excludes halogenated alkanes) is 1. The van der Waals surface area contributed by atoms with Crippen LogP contribution in [0.4, 0.5) is 0 Å². The van der Waals surface area contributed by atoms with Gasteiger partial charge in [-0.3, -0.25) is 4.79 Å². The summed E-state index contributed by atoms with van der Waals surface area (Å²) in [6.45, 7) is 13.5. The van der Waals surface area contributed by atoms with Gasteiger partial charge in [-0.25, -0.2) is 0 Å². The Balaban J connectivity index is -0.000000340. The van der Waals surface area contributed by atoms with E-state index < -0.39 is 0 Å². The Bertz CT molecular complexity index is 171. The van der Waals surface area contributed by atoms with Crippen LogP contribution < -0.4 is 5.32 Å². The van der Waals surface area contributed by atoms with Crippen molar-refractivity contribution < 1.29 is 6.22 Å². The third-order valence-electron chi connectivity index (χ3n) is 1.92. The van der Waals surface area contributed by atoms with Gasteiger partial charge in [0.1, 0.15) is 5.78 Å². The van der Waals surface area contributed by atoms with Crippen molar-refractivity contribution in [2.45, 2.75) is 60.8 Å². The minimum atomic E-state index is -0.153. The van der Waals surface area contributed by atoms with Crippen molar-refractivity contribution in [3.05, 3.63) is 0 Å². The minimum absolute atomic E-state index is 0. The highest BCUT2D eigenvalue weighted by Crippen LogP contribution is 2.17. The fourth-order valence-electron chi connectivity index (χ4n) is 0.962. The molecule has 0 rings (SSSR count). The van der Waals surface area contributed by atoms with E-state index in [1.807, 2.05) is 27.8 Å². The standard InChI is InChI=1S/C10H21NO.C4H10.H2/c1-10(2,3)9(12)7-5-6-8-11-4;1-4(2)3;/h11H,5-8H2,1-4H3;4H,1-3H3;1H. The third kappa shape index (κ3) is 16.1. The van der Waals surface area contributed by atoms with Crippen molar-refractivity contribution in [2.75, 3.05) is 13.6 Å². The van der Waals surface area contributed by atoms with Crippen LogP contribution in [0.25, 0.3) is 0 Å². The molecule has 0 aliphatic carbocycles. The van der Waals surface area contributed by atoms with E-state index in [1.165, 1.54) is 0 Å². The maximum atomic E-state index is 11.4. The molecule has 16 heavy (non-hydrogen) atoms. The van der Waals surface area contributed by atoms with Crippen LogP contribution in [0.15, 0.2) is 0 Å². The zero-order valence-corrected chi connectivity index (χ0v) is 12.3. The van der Waals surface area contributed by atoms with E-state index in [9.17, 15) is 4.79 Å². The van der Waals surface area contributed by atoms with Crippen LogP contribution in [0.2, 0.25) is 0 Å². The molecule has 1 N–H and O–H groups in total. The van der Waals surface area contributed by atoms with E-state index >= 15 is 0 Å². The molecule has 0 spiro atoms. The van der Waals surface area contributed by atoms with E-state index in [1.54, 1.807) is 0 Å². The first-order chi connectivity index (χ1) is 7.21. The molecule has 0 aromatic carbocycles. The molecule has 0 saturated carbocycles. The van der Waals surface area contributed by atoms with E-state index in [2.05, 4.69) is 26.1 Å². The summed E-state index contributed by atoms with van der Waals surface area (Å²) in [5.74, 6) is 1.21. The van der Waals surface area contributed by atoms with Gasteiger partial charge in [0.05, 0.1) is 0 Å². The Morgan fingerprint density at radius 3 is 1.94 bits per heavy atom. The predicted octanol–water partition coefficient (Wildman–Crippen LogP) is 3.90. The number of rotatable bonds is 5. The molecule has 0 bridgehead atoms. The maximum Gasteiger partial charge on any atom is 0.138 e. The average molecular weight is 231 g/mol. The van der Waals surface area contributed by atoms with Gasteiger partial charge in [-0.2, -0.15) is 0 Å². The van der Waals surface area contributed by atoms with Crippen LogP contribution >= 0.6 is 0 Å². The maximum absolute atomic E-state index is 11.4. The number of nitrogens with one attached hydrogen (secondary N) is 1. The monoisotopic (exact) mass is 231 g/mol. The Hall–Kier alpha value is -0.370. The zero-order valence-electron chi connectivity index (χ0n) is 12.3. The van der Waals surface area contributed by atoms with E-state index in [-0.39, 0.29) is 6.84 Å². The first-order valence-electron chi connectivity index (χ1n) is 6.39. The van der Waals surface area contributed by atoms with Gasteiger partial charge in [0.15, 0.2) is 0 Å². The second-order valence-electron chi connectivity index (χ2n) is 5.97. The highest BCUT2D eigenvalue weighted by atomic mass is 16.1. The number of carbonyl (C=O) groups is 1. The molecule has 0 heterocycles. The normalized spacial score (nSPS) is 11.0. The van der Waals surface area contributed by atoms with Crippen LogP contribution in [0.3, 0.4) is 0 Å². The van der Waals surface area contributed by atoms with Crippen molar-refractivity contribution in [1.29, 1.82) is 0 Å². The largest absolute Gasteiger partial charge is 0.320 e. The highest BCUT2D eigenvalue weighted by molar-refractivity contribution is 5.83. The van der Waals surface area contributed by atoms with Crippen LogP contribution in [-0.4, -0.2) is 19.4 Å². The van der Waals surface area contributed by atoms with Gasteiger partial charge in [0.2, 0.25) is 0 Å². The molecule has 0 atom stereocenters. The van der Waals surface area contributed by atoms with Gasteiger partial charge >= 0.3 is 0 Å². The number of Topliss-reactive ketones (excluding diaryl/α,β-unsaturated/α-hetero) is 1. The van der Waals surface area contributed by atoms with Gasteiger partial charge in [0, 0.05) is 13.3 Å². The molecule has 0 aromatic rings. The van der Waals surface area contributed by atoms with Crippen molar-refractivity contribution in [2.24, 2.45) is 11.3 Å². The fraction of sp³-hybridized carbons (Fsp3) is 0.929. The lowest BCUT2D eigenvalue weighted by Gasteiger charge is -2.15. The van der Waals surface area contributed by atoms with Crippen molar-refractivity contribution in [3.63, 3.8) is 0 Å². The van der Waals surface area contributed by atoms with Crippen molar-refractivity contribution in [1.82, 2.24) is 5.32 Å². The van der Waals surface area contributed by atoms with Gasteiger partial charge in [0.25, 0.3) is 0 Å². The lowest BCUT2D eigenvalue weighted by molar-refractivity contribution is -0.126. The molecule has 0 radical (unpaired) electrons. The number of carbonyl (C=O) groups excluding carboxylic acids is 1. The molecular weight excluding hydrogens is 198 g/mol. The summed E-state index contributed by atoms with van der Waals surface area (Å²) in [5.41, 5.74) is -0.153. The lowest BCUT2D eigenvalue weighted by Crippen LogP contribution is -2.20. The molecule has 0 unspecified atom stereocenters. The SMILES string of the molecule is CC(C)C.CNCCCCC(=O)C(C)(C)C.[HH]. The quantitative estimate of drug-likeness (QED) is 0.727. The van der Waals surface area contributed by atoms with E-state index in [0.29, 0.717) is 5.78 Å². The summed E-state index contributed by atoms with van der Waals surface area (Å²) in [7, 11) is 1.94. The zero-order chi connectivity index (χ0) is 13.2.